The van der Waals surface area contributed by atoms with Crippen molar-refractivity contribution in [2.24, 2.45) is 0 Å². The molecule has 0 atom stereocenters. The highest BCUT2D eigenvalue weighted by Gasteiger charge is 2.10. The standard InChI is InChI=1S/C21H16N4O/c22-13-14-5-3-7-16(11-14)23-21-18-9-1-2-10-19(18)24-20(25-21)15-6-4-8-17(26)12-15/h1-13,22,26H,(H,23,24,25). The van der Waals surface area contributed by atoms with Gasteiger partial charge in [-0.2, -0.15) is 0 Å². The molecule has 0 bridgehead atoms. The van der Waals surface area contributed by atoms with Crippen molar-refractivity contribution in [1.29, 1.82) is 5.41 Å². The Hall–Kier alpha value is -3.73. The minimum Gasteiger partial charge on any atom is -0.508 e. The SMILES string of the molecule is N=Cc1cccc(Nc2nc(-c3cccc(O)c3)nc3ccccc23)c1. The van der Waals surface area contributed by atoms with Gasteiger partial charge in [0.15, 0.2) is 5.82 Å². The van der Waals surface area contributed by atoms with Crippen LogP contribution in [0, 0.1) is 5.41 Å². The number of fused-ring (bicyclic) bond motifs is 1. The largest absolute Gasteiger partial charge is 0.508 e. The van der Waals surface area contributed by atoms with Crippen LogP contribution in [-0.4, -0.2) is 21.3 Å². The van der Waals surface area contributed by atoms with E-state index in [0.717, 1.165) is 27.7 Å². The lowest BCUT2D eigenvalue weighted by molar-refractivity contribution is 0.475. The number of rotatable bonds is 4. The Kier molecular flexibility index (Phi) is 4.03. The quantitative estimate of drug-likeness (QED) is 0.469. The molecule has 126 valence electrons. The Bertz CT molecular complexity index is 1110. The molecule has 4 aromatic rings. The summed E-state index contributed by atoms with van der Waals surface area (Å²) in [5.74, 6) is 1.38. The summed E-state index contributed by atoms with van der Waals surface area (Å²) in [5, 5.41) is 21.4. The van der Waals surface area contributed by atoms with Crippen LogP contribution in [0.2, 0.25) is 0 Å². The average molecular weight is 340 g/mol. The normalized spacial score (nSPS) is 10.6. The van der Waals surface area contributed by atoms with Gasteiger partial charge < -0.3 is 15.8 Å². The first-order chi connectivity index (χ1) is 12.7. The molecule has 0 radical (unpaired) electrons. The van der Waals surface area contributed by atoms with E-state index >= 15 is 0 Å². The fourth-order valence-electron chi connectivity index (χ4n) is 2.79. The summed E-state index contributed by atoms with van der Waals surface area (Å²) in [4.78, 5) is 9.30. The van der Waals surface area contributed by atoms with Crippen molar-refractivity contribution in [3.63, 3.8) is 0 Å². The summed E-state index contributed by atoms with van der Waals surface area (Å²) >= 11 is 0. The van der Waals surface area contributed by atoms with Crippen LogP contribution in [-0.2, 0) is 0 Å². The molecule has 1 aromatic heterocycles. The van der Waals surface area contributed by atoms with Crippen molar-refractivity contribution < 1.29 is 5.11 Å². The molecule has 3 aromatic carbocycles. The Morgan fingerprint density at radius 3 is 2.58 bits per heavy atom. The third-order valence-electron chi connectivity index (χ3n) is 4.02. The Labute approximate surface area is 150 Å². The van der Waals surface area contributed by atoms with Crippen LogP contribution in [0.5, 0.6) is 5.75 Å². The van der Waals surface area contributed by atoms with Crippen LogP contribution >= 0.6 is 0 Å². The Balaban J connectivity index is 1.85. The van der Waals surface area contributed by atoms with E-state index in [0.29, 0.717) is 11.6 Å². The first kappa shape index (κ1) is 15.8. The number of nitrogens with one attached hydrogen (secondary N) is 2. The molecule has 0 fully saturated rings. The number of nitrogens with zero attached hydrogens (tertiary/aromatic N) is 2. The maximum atomic E-state index is 9.76. The summed E-state index contributed by atoms with van der Waals surface area (Å²) in [7, 11) is 0. The first-order valence-corrected chi connectivity index (χ1v) is 8.17. The monoisotopic (exact) mass is 340 g/mol. The second-order valence-electron chi connectivity index (χ2n) is 5.86. The zero-order valence-electron chi connectivity index (χ0n) is 13.8. The maximum Gasteiger partial charge on any atom is 0.162 e. The molecule has 4 rings (SSSR count). The fourth-order valence-corrected chi connectivity index (χ4v) is 2.79. The summed E-state index contributed by atoms with van der Waals surface area (Å²) in [6.45, 7) is 0. The average Bonchev–Trinajstić information content (AvgIpc) is 2.68. The highest BCUT2D eigenvalue weighted by molar-refractivity contribution is 5.92. The van der Waals surface area contributed by atoms with Gasteiger partial charge in [0, 0.05) is 22.9 Å². The van der Waals surface area contributed by atoms with Gasteiger partial charge >= 0.3 is 0 Å². The fraction of sp³-hybridized carbons (Fsp3) is 0. The molecule has 1 heterocycles. The summed E-state index contributed by atoms with van der Waals surface area (Å²) in [5.41, 5.74) is 3.21. The van der Waals surface area contributed by atoms with Crippen LogP contribution in [0.1, 0.15) is 5.56 Å². The Morgan fingerprint density at radius 2 is 1.73 bits per heavy atom. The van der Waals surface area contributed by atoms with Crippen molar-refractivity contribution in [3.05, 3.63) is 78.4 Å². The van der Waals surface area contributed by atoms with E-state index in [1.165, 1.54) is 6.21 Å². The lowest BCUT2D eigenvalue weighted by Gasteiger charge is -2.11. The summed E-state index contributed by atoms with van der Waals surface area (Å²) < 4.78 is 0. The predicted molar refractivity (Wildman–Crippen MR) is 104 cm³/mol. The maximum absolute atomic E-state index is 9.76. The van der Waals surface area contributed by atoms with Crippen molar-refractivity contribution in [3.8, 4) is 17.1 Å². The van der Waals surface area contributed by atoms with Crippen molar-refractivity contribution >= 4 is 28.6 Å². The molecule has 5 nitrogen and oxygen atoms in total. The van der Waals surface area contributed by atoms with Gasteiger partial charge in [-0.1, -0.05) is 36.4 Å². The highest BCUT2D eigenvalue weighted by Crippen LogP contribution is 2.28. The van der Waals surface area contributed by atoms with Gasteiger partial charge in [0.2, 0.25) is 0 Å². The molecule has 0 unspecified atom stereocenters. The molecule has 26 heavy (non-hydrogen) atoms. The molecule has 0 amide bonds. The zero-order valence-corrected chi connectivity index (χ0v) is 13.8. The lowest BCUT2D eigenvalue weighted by atomic mass is 10.1. The number of phenols is 1. The van der Waals surface area contributed by atoms with Crippen molar-refractivity contribution in [2.45, 2.75) is 0 Å². The Morgan fingerprint density at radius 1 is 0.885 bits per heavy atom. The lowest BCUT2D eigenvalue weighted by Crippen LogP contribution is -1.99. The smallest absolute Gasteiger partial charge is 0.162 e. The van der Waals surface area contributed by atoms with E-state index < -0.39 is 0 Å². The topological polar surface area (TPSA) is 81.9 Å². The van der Waals surface area contributed by atoms with E-state index in [4.69, 9.17) is 5.41 Å². The number of benzene rings is 3. The molecular weight excluding hydrogens is 324 g/mol. The first-order valence-electron chi connectivity index (χ1n) is 8.17. The zero-order chi connectivity index (χ0) is 17.9. The molecule has 0 saturated heterocycles. The van der Waals surface area contributed by atoms with Gasteiger partial charge in [0.05, 0.1) is 5.52 Å². The second-order valence-corrected chi connectivity index (χ2v) is 5.86. The van der Waals surface area contributed by atoms with E-state index in [2.05, 4.69) is 15.3 Å². The van der Waals surface area contributed by atoms with Crippen molar-refractivity contribution in [1.82, 2.24) is 9.97 Å². The number of aromatic nitrogens is 2. The van der Waals surface area contributed by atoms with Gasteiger partial charge in [-0.05, 0) is 42.0 Å². The minimum absolute atomic E-state index is 0.174. The van der Waals surface area contributed by atoms with Gasteiger partial charge in [0.1, 0.15) is 11.6 Å². The summed E-state index contributed by atoms with van der Waals surface area (Å²) in [6.07, 6.45) is 1.31. The van der Waals surface area contributed by atoms with E-state index in [9.17, 15) is 5.11 Å². The van der Waals surface area contributed by atoms with Crippen LogP contribution in [0.15, 0.2) is 72.8 Å². The molecule has 0 aliphatic heterocycles. The molecule has 0 aliphatic rings. The molecule has 5 heteroatoms. The van der Waals surface area contributed by atoms with E-state index in [1.54, 1.807) is 18.2 Å². The second kappa shape index (κ2) is 6.64. The molecule has 3 N–H and O–H groups in total. The van der Waals surface area contributed by atoms with Crippen molar-refractivity contribution in [2.75, 3.05) is 5.32 Å². The van der Waals surface area contributed by atoms with Gasteiger partial charge in [-0.25, -0.2) is 9.97 Å². The van der Waals surface area contributed by atoms with Gasteiger partial charge in [0.25, 0.3) is 0 Å². The summed E-state index contributed by atoms with van der Waals surface area (Å²) in [6, 6.07) is 22.2. The van der Waals surface area contributed by atoms with Crippen LogP contribution in [0.4, 0.5) is 11.5 Å². The third kappa shape index (κ3) is 3.10. The van der Waals surface area contributed by atoms with E-state index in [1.807, 2.05) is 54.6 Å². The number of anilines is 2. The van der Waals surface area contributed by atoms with Gasteiger partial charge in [-0.15, -0.1) is 0 Å². The molecule has 0 spiro atoms. The molecular formula is C21H16N4O. The number of hydrogen-bond acceptors (Lipinski definition) is 5. The number of hydrogen-bond donors (Lipinski definition) is 3. The predicted octanol–water partition coefficient (Wildman–Crippen LogP) is 4.74. The number of para-hydroxylation sites is 1. The number of phenolic OH excluding ortho intramolecular Hbond substituents is 1. The van der Waals surface area contributed by atoms with Crippen LogP contribution < -0.4 is 5.32 Å². The molecule has 0 saturated carbocycles. The highest BCUT2D eigenvalue weighted by atomic mass is 16.3. The van der Waals surface area contributed by atoms with Crippen LogP contribution in [0.3, 0.4) is 0 Å². The van der Waals surface area contributed by atoms with E-state index in [-0.39, 0.29) is 5.75 Å². The van der Waals surface area contributed by atoms with Crippen LogP contribution in [0.25, 0.3) is 22.3 Å². The van der Waals surface area contributed by atoms with Gasteiger partial charge in [-0.3, -0.25) is 0 Å². The molecule has 0 aliphatic carbocycles. The number of aromatic hydroxyl groups is 1. The third-order valence-corrected chi connectivity index (χ3v) is 4.02. The minimum atomic E-state index is 0.174.